The molecule has 3 nitrogen and oxygen atoms in total. The highest BCUT2D eigenvalue weighted by atomic mass is 32.2. The molecule has 9 heavy (non-hydrogen) atoms. The standard InChI is InChI=1S/C5H8N2OS/c1-2-6-5-7-4(8)3-9-5/h2-3H2,1H3,(H,6,7,8). The Balaban J connectivity index is 2.47. The third-order valence-electron chi connectivity index (χ3n) is 0.888. The first-order valence-electron chi connectivity index (χ1n) is 2.80. The number of aliphatic imine (C=N–C) groups is 1. The molecule has 0 atom stereocenters. The minimum atomic E-state index is 0.0622. The lowest BCUT2D eigenvalue weighted by Crippen LogP contribution is -2.20. The number of nitrogens with one attached hydrogen (secondary N) is 1. The van der Waals surface area contributed by atoms with Gasteiger partial charge in [0.25, 0.3) is 0 Å². The zero-order valence-corrected chi connectivity index (χ0v) is 5.99. The lowest BCUT2D eigenvalue weighted by Gasteiger charge is -1.89. The van der Waals surface area contributed by atoms with Crippen molar-refractivity contribution in [1.82, 2.24) is 5.32 Å². The van der Waals surface area contributed by atoms with Crippen molar-refractivity contribution in [3.05, 3.63) is 0 Å². The normalized spacial score (nSPS) is 22.8. The second-order valence-corrected chi connectivity index (χ2v) is 2.58. The van der Waals surface area contributed by atoms with Gasteiger partial charge in [0.05, 0.1) is 5.75 Å². The molecule has 1 N–H and O–H groups in total. The van der Waals surface area contributed by atoms with Gasteiger partial charge in [-0.3, -0.25) is 9.79 Å². The van der Waals surface area contributed by atoms with Gasteiger partial charge >= 0.3 is 0 Å². The van der Waals surface area contributed by atoms with Gasteiger partial charge in [0, 0.05) is 6.54 Å². The minimum absolute atomic E-state index is 0.0622. The fourth-order valence-electron chi connectivity index (χ4n) is 0.554. The van der Waals surface area contributed by atoms with Crippen molar-refractivity contribution >= 4 is 22.8 Å². The Morgan fingerprint density at radius 3 is 3.11 bits per heavy atom. The van der Waals surface area contributed by atoms with Gasteiger partial charge < -0.3 is 5.32 Å². The van der Waals surface area contributed by atoms with Gasteiger partial charge in [-0.25, -0.2) is 0 Å². The number of amides is 1. The van der Waals surface area contributed by atoms with E-state index in [4.69, 9.17) is 0 Å². The van der Waals surface area contributed by atoms with Crippen LogP contribution in [0.5, 0.6) is 0 Å². The van der Waals surface area contributed by atoms with Crippen LogP contribution < -0.4 is 5.32 Å². The van der Waals surface area contributed by atoms with E-state index in [2.05, 4.69) is 10.3 Å². The van der Waals surface area contributed by atoms with Gasteiger partial charge in [-0.2, -0.15) is 0 Å². The molecular weight excluding hydrogens is 136 g/mol. The number of carbonyl (C=O) groups is 1. The van der Waals surface area contributed by atoms with Crippen LogP contribution in [0.3, 0.4) is 0 Å². The smallest absolute Gasteiger partial charge is 0.236 e. The summed E-state index contributed by atoms with van der Waals surface area (Å²) in [5.74, 6) is 0.589. The molecule has 0 spiro atoms. The second kappa shape index (κ2) is 2.87. The number of hydrogen-bond donors (Lipinski definition) is 1. The molecule has 1 aliphatic rings. The monoisotopic (exact) mass is 144 g/mol. The van der Waals surface area contributed by atoms with Gasteiger partial charge in [-0.05, 0) is 6.92 Å². The van der Waals surface area contributed by atoms with Crippen molar-refractivity contribution in [2.24, 2.45) is 4.99 Å². The summed E-state index contributed by atoms with van der Waals surface area (Å²) in [6.07, 6.45) is 0. The fraction of sp³-hybridized carbons (Fsp3) is 0.600. The summed E-state index contributed by atoms with van der Waals surface area (Å²) in [6, 6.07) is 0. The summed E-state index contributed by atoms with van der Waals surface area (Å²) in [5, 5.41) is 3.40. The number of nitrogens with zero attached hydrogens (tertiary/aromatic N) is 1. The van der Waals surface area contributed by atoms with Crippen LogP contribution in [-0.2, 0) is 4.79 Å². The predicted octanol–water partition coefficient (Wildman–Crippen LogP) is 0.225. The van der Waals surface area contributed by atoms with E-state index >= 15 is 0 Å². The fourth-order valence-corrected chi connectivity index (χ4v) is 1.30. The Morgan fingerprint density at radius 2 is 2.67 bits per heavy atom. The molecular formula is C5H8N2OS. The first kappa shape index (κ1) is 6.61. The van der Waals surface area contributed by atoms with Crippen LogP contribution in [0.4, 0.5) is 0 Å². The predicted molar refractivity (Wildman–Crippen MR) is 38.6 cm³/mol. The molecule has 1 fully saturated rings. The highest BCUT2D eigenvalue weighted by Crippen LogP contribution is 2.07. The Morgan fingerprint density at radius 1 is 1.89 bits per heavy atom. The Hall–Kier alpha value is -0.510. The van der Waals surface area contributed by atoms with Gasteiger partial charge in [0.15, 0.2) is 5.17 Å². The first-order chi connectivity index (χ1) is 4.33. The van der Waals surface area contributed by atoms with Crippen LogP contribution in [0, 0.1) is 0 Å². The van der Waals surface area contributed by atoms with E-state index < -0.39 is 0 Å². The summed E-state index contributed by atoms with van der Waals surface area (Å²) in [6.45, 7) is 2.68. The molecule has 1 amide bonds. The summed E-state index contributed by atoms with van der Waals surface area (Å²) in [7, 11) is 0. The Bertz CT molecular complexity index is 155. The molecule has 1 heterocycles. The maximum atomic E-state index is 10.5. The lowest BCUT2D eigenvalue weighted by atomic mass is 10.7. The molecule has 0 aromatic carbocycles. The third kappa shape index (κ3) is 1.71. The van der Waals surface area contributed by atoms with E-state index in [1.54, 1.807) is 0 Å². The van der Waals surface area contributed by atoms with E-state index in [-0.39, 0.29) is 5.91 Å². The van der Waals surface area contributed by atoms with Gasteiger partial charge in [-0.15, -0.1) is 0 Å². The summed E-state index contributed by atoms with van der Waals surface area (Å²) >= 11 is 1.46. The number of hydrogen-bond acceptors (Lipinski definition) is 3. The molecule has 0 aromatic heterocycles. The first-order valence-corrected chi connectivity index (χ1v) is 3.78. The zero-order chi connectivity index (χ0) is 6.69. The summed E-state index contributed by atoms with van der Waals surface area (Å²) in [4.78, 5) is 14.5. The van der Waals surface area contributed by atoms with Crippen LogP contribution >= 0.6 is 11.8 Å². The average Bonchev–Trinajstić information content (AvgIpc) is 2.17. The van der Waals surface area contributed by atoms with E-state index in [0.717, 1.165) is 11.7 Å². The van der Waals surface area contributed by atoms with E-state index in [1.807, 2.05) is 6.92 Å². The highest BCUT2D eigenvalue weighted by Gasteiger charge is 2.14. The SMILES string of the molecule is CC/N=C1/NC(=O)CS1. The highest BCUT2D eigenvalue weighted by molar-refractivity contribution is 8.15. The maximum Gasteiger partial charge on any atom is 0.236 e. The quantitative estimate of drug-likeness (QED) is 0.572. The van der Waals surface area contributed by atoms with E-state index in [0.29, 0.717) is 5.75 Å². The summed E-state index contributed by atoms with van der Waals surface area (Å²) in [5.41, 5.74) is 0. The molecule has 1 rings (SSSR count). The van der Waals surface area contributed by atoms with Crippen LogP contribution in [0.2, 0.25) is 0 Å². The number of rotatable bonds is 1. The van der Waals surface area contributed by atoms with Crippen LogP contribution in [-0.4, -0.2) is 23.4 Å². The van der Waals surface area contributed by atoms with Gasteiger partial charge in [0.2, 0.25) is 5.91 Å². The largest absolute Gasteiger partial charge is 0.305 e. The van der Waals surface area contributed by atoms with Crippen LogP contribution in [0.15, 0.2) is 4.99 Å². The molecule has 0 saturated carbocycles. The van der Waals surface area contributed by atoms with Crippen LogP contribution in [0.25, 0.3) is 0 Å². The van der Waals surface area contributed by atoms with Crippen molar-refractivity contribution < 1.29 is 4.79 Å². The number of amidine groups is 1. The molecule has 0 bridgehead atoms. The second-order valence-electron chi connectivity index (χ2n) is 1.62. The molecule has 4 heteroatoms. The summed E-state index contributed by atoms with van der Waals surface area (Å²) < 4.78 is 0. The van der Waals surface area contributed by atoms with E-state index in [9.17, 15) is 4.79 Å². The van der Waals surface area contributed by atoms with Crippen molar-refractivity contribution in [1.29, 1.82) is 0 Å². The van der Waals surface area contributed by atoms with Crippen molar-refractivity contribution in [2.75, 3.05) is 12.3 Å². The average molecular weight is 144 g/mol. The molecule has 0 aliphatic carbocycles. The number of thioether (sulfide) groups is 1. The molecule has 50 valence electrons. The molecule has 1 aliphatic heterocycles. The molecule has 0 radical (unpaired) electrons. The molecule has 0 unspecified atom stereocenters. The molecule has 1 saturated heterocycles. The number of carbonyl (C=O) groups excluding carboxylic acids is 1. The third-order valence-corrected chi connectivity index (χ3v) is 1.80. The lowest BCUT2D eigenvalue weighted by molar-refractivity contribution is -0.116. The van der Waals surface area contributed by atoms with E-state index in [1.165, 1.54) is 11.8 Å². The van der Waals surface area contributed by atoms with Crippen molar-refractivity contribution in [2.45, 2.75) is 6.92 Å². The van der Waals surface area contributed by atoms with Crippen molar-refractivity contribution in [3.63, 3.8) is 0 Å². The molecule has 0 aromatic rings. The zero-order valence-electron chi connectivity index (χ0n) is 5.18. The van der Waals surface area contributed by atoms with Crippen molar-refractivity contribution in [3.8, 4) is 0 Å². The van der Waals surface area contributed by atoms with Crippen LogP contribution in [0.1, 0.15) is 6.92 Å². The Kier molecular flexibility index (Phi) is 2.10. The van der Waals surface area contributed by atoms with Gasteiger partial charge in [0.1, 0.15) is 0 Å². The maximum absolute atomic E-state index is 10.5. The topological polar surface area (TPSA) is 41.5 Å². The minimum Gasteiger partial charge on any atom is -0.305 e. The van der Waals surface area contributed by atoms with Gasteiger partial charge in [-0.1, -0.05) is 11.8 Å². The Labute approximate surface area is 57.9 Å².